The van der Waals surface area contributed by atoms with Crippen LogP contribution < -0.4 is 0 Å². The molecule has 0 radical (unpaired) electrons. The fourth-order valence-electron chi connectivity index (χ4n) is 1.23. The molecule has 1 rings (SSSR count). The molecule has 1 aromatic rings. The summed E-state index contributed by atoms with van der Waals surface area (Å²) in [6.07, 6.45) is 0.581. The zero-order valence-electron chi connectivity index (χ0n) is 8.43. The highest BCUT2D eigenvalue weighted by molar-refractivity contribution is 6.42. The number of aliphatic hydroxyl groups excluding tert-OH is 1. The van der Waals surface area contributed by atoms with Gasteiger partial charge in [0.25, 0.3) is 0 Å². The fraction of sp³-hybridized carbons (Fsp3) is 0.333. The van der Waals surface area contributed by atoms with Gasteiger partial charge in [-0.2, -0.15) is 0 Å². The van der Waals surface area contributed by atoms with E-state index in [1.807, 2.05) is 6.07 Å². The maximum Gasteiger partial charge on any atom is 0.0689 e. The van der Waals surface area contributed by atoms with E-state index in [0.29, 0.717) is 22.9 Å². The van der Waals surface area contributed by atoms with Crippen molar-refractivity contribution in [1.29, 1.82) is 0 Å². The number of rotatable bonds is 3. The van der Waals surface area contributed by atoms with Crippen molar-refractivity contribution in [2.24, 2.45) is 0 Å². The zero-order chi connectivity index (χ0) is 11.3. The topological polar surface area (TPSA) is 20.2 Å². The van der Waals surface area contributed by atoms with Crippen LogP contribution in [0.5, 0.6) is 0 Å². The van der Waals surface area contributed by atoms with Gasteiger partial charge in [-0.25, -0.2) is 0 Å². The van der Waals surface area contributed by atoms with Gasteiger partial charge in [0.2, 0.25) is 0 Å². The second-order valence-electron chi connectivity index (χ2n) is 3.24. The van der Waals surface area contributed by atoms with Crippen molar-refractivity contribution in [2.45, 2.75) is 25.9 Å². The van der Waals surface area contributed by atoms with Gasteiger partial charge in [0.1, 0.15) is 0 Å². The first-order chi connectivity index (χ1) is 7.13. The molecule has 0 amide bonds. The molecule has 1 nitrogen and oxygen atoms in total. The molecule has 0 heterocycles. The summed E-state index contributed by atoms with van der Waals surface area (Å²) in [6.45, 7) is 1.76. The maximum absolute atomic E-state index is 9.62. The van der Waals surface area contributed by atoms with Crippen LogP contribution in [-0.2, 0) is 6.42 Å². The SMILES string of the molecule is CC#CCC(O)Cc1ccc(Cl)c(Cl)c1. The summed E-state index contributed by atoms with van der Waals surface area (Å²) in [6, 6.07) is 5.36. The minimum absolute atomic E-state index is 0.449. The molecule has 0 fully saturated rings. The van der Waals surface area contributed by atoms with Crippen LogP contribution in [0.1, 0.15) is 18.9 Å². The van der Waals surface area contributed by atoms with Crippen molar-refractivity contribution in [3.63, 3.8) is 0 Å². The average Bonchev–Trinajstić information content (AvgIpc) is 2.20. The number of halogens is 2. The van der Waals surface area contributed by atoms with Gasteiger partial charge in [-0.05, 0) is 31.0 Å². The molecule has 0 aliphatic carbocycles. The number of hydrogen-bond donors (Lipinski definition) is 1. The van der Waals surface area contributed by atoms with E-state index < -0.39 is 6.10 Å². The molecule has 0 spiro atoms. The standard InChI is InChI=1S/C12H12Cl2O/c1-2-3-4-10(15)7-9-5-6-11(13)12(14)8-9/h5-6,8,10,15H,4,7H2,1H3. The van der Waals surface area contributed by atoms with Gasteiger partial charge in [-0.1, -0.05) is 29.3 Å². The summed E-state index contributed by atoms with van der Waals surface area (Å²) in [5.74, 6) is 5.58. The summed E-state index contributed by atoms with van der Waals surface area (Å²) >= 11 is 11.6. The molecule has 0 aromatic heterocycles. The Bertz CT molecular complexity index is 390. The summed E-state index contributed by atoms with van der Waals surface area (Å²) < 4.78 is 0. The molecule has 15 heavy (non-hydrogen) atoms. The molecule has 0 saturated carbocycles. The molecule has 0 bridgehead atoms. The Kier molecular flexibility index (Phi) is 4.98. The van der Waals surface area contributed by atoms with Crippen molar-refractivity contribution in [1.82, 2.24) is 0 Å². The molecule has 0 aliphatic rings. The molecule has 80 valence electrons. The number of hydrogen-bond acceptors (Lipinski definition) is 1. The average molecular weight is 243 g/mol. The largest absolute Gasteiger partial charge is 0.392 e. The first-order valence-corrected chi connectivity index (χ1v) is 5.40. The molecule has 1 unspecified atom stereocenters. The molecule has 0 aliphatic heterocycles. The van der Waals surface area contributed by atoms with Crippen molar-refractivity contribution in [2.75, 3.05) is 0 Å². The van der Waals surface area contributed by atoms with Crippen LogP contribution in [0, 0.1) is 11.8 Å². The second-order valence-corrected chi connectivity index (χ2v) is 4.05. The molecule has 1 N–H and O–H groups in total. The Balaban J connectivity index is 2.63. The Labute approximate surface area is 100 Å². The first-order valence-electron chi connectivity index (χ1n) is 4.65. The quantitative estimate of drug-likeness (QED) is 0.807. The third kappa shape index (κ3) is 4.13. The highest BCUT2D eigenvalue weighted by Gasteiger charge is 2.05. The molecule has 3 heteroatoms. The van der Waals surface area contributed by atoms with E-state index in [9.17, 15) is 5.11 Å². The van der Waals surface area contributed by atoms with Crippen molar-refractivity contribution >= 4 is 23.2 Å². The van der Waals surface area contributed by atoms with Gasteiger partial charge in [0, 0.05) is 6.42 Å². The lowest BCUT2D eigenvalue weighted by Gasteiger charge is -2.07. The van der Waals surface area contributed by atoms with E-state index in [2.05, 4.69) is 11.8 Å². The zero-order valence-corrected chi connectivity index (χ0v) is 9.94. The Morgan fingerprint density at radius 3 is 2.67 bits per heavy atom. The van der Waals surface area contributed by atoms with Crippen molar-refractivity contribution in [3.8, 4) is 11.8 Å². The molecular formula is C12H12Cl2O. The van der Waals surface area contributed by atoms with Gasteiger partial charge in [0.15, 0.2) is 0 Å². The van der Waals surface area contributed by atoms with E-state index >= 15 is 0 Å². The van der Waals surface area contributed by atoms with Gasteiger partial charge in [-0.3, -0.25) is 0 Å². The van der Waals surface area contributed by atoms with E-state index in [-0.39, 0.29) is 0 Å². The van der Waals surface area contributed by atoms with Crippen molar-refractivity contribution in [3.05, 3.63) is 33.8 Å². The fourth-order valence-corrected chi connectivity index (χ4v) is 1.55. The lowest BCUT2D eigenvalue weighted by Crippen LogP contribution is -2.09. The Hall–Kier alpha value is -0.680. The predicted octanol–water partition coefficient (Wildman–Crippen LogP) is 3.31. The van der Waals surface area contributed by atoms with Crippen LogP contribution in [0.4, 0.5) is 0 Å². The maximum atomic E-state index is 9.62. The summed E-state index contributed by atoms with van der Waals surface area (Å²) in [7, 11) is 0. The molecule has 1 aromatic carbocycles. The van der Waals surface area contributed by atoms with Crippen LogP contribution in [0.3, 0.4) is 0 Å². The first kappa shape index (κ1) is 12.4. The van der Waals surface area contributed by atoms with E-state index in [1.165, 1.54) is 0 Å². The summed E-state index contributed by atoms with van der Waals surface area (Å²) in [5.41, 5.74) is 0.967. The monoisotopic (exact) mass is 242 g/mol. The number of benzene rings is 1. The normalized spacial score (nSPS) is 11.7. The van der Waals surface area contributed by atoms with E-state index in [0.717, 1.165) is 5.56 Å². The second kappa shape index (κ2) is 6.02. The highest BCUT2D eigenvalue weighted by Crippen LogP contribution is 2.23. The summed E-state index contributed by atoms with van der Waals surface area (Å²) in [5, 5.41) is 10.7. The predicted molar refractivity (Wildman–Crippen MR) is 64.2 cm³/mol. The van der Waals surface area contributed by atoms with Crippen LogP contribution in [0.2, 0.25) is 10.0 Å². The van der Waals surface area contributed by atoms with Gasteiger partial charge >= 0.3 is 0 Å². The lowest BCUT2D eigenvalue weighted by atomic mass is 10.1. The Morgan fingerprint density at radius 2 is 2.07 bits per heavy atom. The lowest BCUT2D eigenvalue weighted by molar-refractivity contribution is 0.180. The van der Waals surface area contributed by atoms with Gasteiger partial charge < -0.3 is 5.11 Å². The van der Waals surface area contributed by atoms with Gasteiger partial charge in [-0.15, -0.1) is 11.8 Å². The third-order valence-corrected chi connectivity index (χ3v) is 2.71. The van der Waals surface area contributed by atoms with Crippen LogP contribution in [0.15, 0.2) is 18.2 Å². The minimum Gasteiger partial charge on any atom is -0.392 e. The third-order valence-electron chi connectivity index (χ3n) is 1.97. The molecular weight excluding hydrogens is 231 g/mol. The van der Waals surface area contributed by atoms with E-state index in [1.54, 1.807) is 19.1 Å². The summed E-state index contributed by atoms with van der Waals surface area (Å²) in [4.78, 5) is 0. The number of aliphatic hydroxyl groups is 1. The van der Waals surface area contributed by atoms with E-state index in [4.69, 9.17) is 23.2 Å². The highest BCUT2D eigenvalue weighted by atomic mass is 35.5. The van der Waals surface area contributed by atoms with Crippen molar-refractivity contribution < 1.29 is 5.11 Å². The smallest absolute Gasteiger partial charge is 0.0689 e. The Morgan fingerprint density at radius 1 is 1.33 bits per heavy atom. The minimum atomic E-state index is -0.449. The van der Waals surface area contributed by atoms with Crippen LogP contribution in [0.25, 0.3) is 0 Å². The molecule has 0 saturated heterocycles. The van der Waals surface area contributed by atoms with Crippen LogP contribution >= 0.6 is 23.2 Å². The van der Waals surface area contributed by atoms with Gasteiger partial charge in [0.05, 0.1) is 16.1 Å². The van der Waals surface area contributed by atoms with Crippen LogP contribution in [-0.4, -0.2) is 11.2 Å². The molecule has 1 atom stereocenters.